The Morgan fingerprint density at radius 3 is 2.41 bits per heavy atom. The van der Waals surface area contributed by atoms with Crippen molar-refractivity contribution in [1.82, 2.24) is 4.31 Å². The summed E-state index contributed by atoms with van der Waals surface area (Å²) in [6.45, 7) is 3.06. The predicted molar refractivity (Wildman–Crippen MR) is 109 cm³/mol. The Hall–Kier alpha value is -2.62. The zero-order valence-electron chi connectivity index (χ0n) is 16.3. The van der Waals surface area contributed by atoms with Crippen LogP contribution in [-0.2, 0) is 19.6 Å². The van der Waals surface area contributed by atoms with Gasteiger partial charge in [-0.3, -0.25) is 4.79 Å². The van der Waals surface area contributed by atoms with Crippen molar-refractivity contribution < 1.29 is 27.9 Å². The number of rotatable bonds is 6. The van der Waals surface area contributed by atoms with Gasteiger partial charge in [0.1, 0.15) is 11.3 Å². The Kier molecular flexibility index (Phi) is 6.89. The molecule has 0 radical (unpaired) electrons. The number of nitrogens with zero attached hydrogens (tertiary/aromatic N) is 1. The number of phenols is 1. The van der Waals surface area contributed by atoms with Crippen LogP contribution in [0.2, 0.25) is 5.02 Å². The molecule has 0 spiro atoms. The molecule has 1 unspecified atom stereocenters. The van der Waals surface area contributed by atoms with E-state index in [0.29, 0.717) is 5.56 Å². The van der Waals surface area contributed by atoms with E-state index in [9.17, 15) is 23.1 Å². The molecule has 2 rings (SSSR count). The van der Waals surface area contributed by atoms with Crippen molar-refractivity contribution in [2.24, 2.45) is 0 Å². The van der Waals surface area contributed by atoms with Crippen molar-refractivity contribution in [2.75, 3.05) is 19.4 Å². The van der Waals surface area contributed by atoms with Gasteiger partial charge in [-0.15, -0.1) is 0 Å². The normalized spacial score (nSPS) is 12.5. The highest BCUT2D eigenvalue weighted by molar-refractivity contribution is 7.89. The highest BCUT2D eigenvalue weighted by Crippen LogP contribution is 2.24. The van der Waals surface area contributed by atoms with Crippen molar-refractivity contribution in [3.63, 3.8) is 0 Å². The molecular formula is C19H21ClN2O6S. The maximum absolute atomic E-state index is 12.4. The van der Waals surface area contributed by atoms with E-state index in [1.54, 1.807) is 13.0 Å². The van der Waals surface area contributed by atoms with E-state index in [1.807, 2.05) is 0 Å². The van der Waals surface area contributed by atoms with Crippen molar-refractivity contribution in [1.29, 1.82) is 0 Å². The van der Waals surface area contributed by atoms with Crippen LogP contribution in [0.3, 0.4) is 0 Å². The molecule has 10 heteroatoms. The molecule has 0 heterocycles. The third kappa shape index (κ3) is 5.26. The van der Waals surface area contributed by atoms with Crippen LogP contribution in [0.5, 0.6) is 5.75 Å². The number of halogens is 1. The molecule has 2 N–H and O–H groups in total. The van der Waals surface area contributed by atoms with Crippen molar-refractivity contribution in [2.45, 2.75) is 24.8 Å². The van der Waals surface area contributed by atoms with Gasteiger partial charge >= 0.3 is 5.97 Å². The quantitative estimate of drug-likeness (QED) is 0.668. The second-order valence-electron chi connectivity index (χ2n) is 6.46. The van der Waals surface area contributed by atoms with E-state index in [2.05, 4.69) is 5.32 Å². The van der Waals surface area contributed by atoms with Gasteiger partial charge in [0.05, 0.1) is 4.90 Å². The molecule has 0 aliphatic heterocycles. The van der Waals surface area contributed by atoms with Crippen LogP contribution in [0.25, 0.3) is 0 Å². The standard InChI is InChI=1S/C19H21ClN2O6S/c1-11-5-7-14(29(26,27)22(3)4)10-16(11)21-18(24)12(2)28-19(25)15-8-6-13(20)9-17(15)23/h5-10,12,23H,1-4H3,(H,21,24). The second-order valence-corrected chi connectivity index (χ2v) is 9.05. The lowest BCUT2D eigenvalue weighted by Gasteiger charge is -2.17. The molecule has 2 aromatic carbocycles. The van der Waals surface area contributed by atoms with Crippen LogP contribution in [0.1, 0.15) is 22.8 Å². The zero-order chi connectivity index (χ0) is 21.9. The number of ether oxygens (including phenoxy) is 1. The van der Waals surface area contributed by atoms with Crippen molar-refractivity contribution in [3.8, 4) is 5.75 Å². The van der Waals surface area contributed by atoms with Gasteiger partial charge in [-0.25, -0.2) is 17.5 Å². The zero-order valence-corrected chi connectivity index (χ0v) is 17.8. The molecular weight excluding hydrogens is 420 g/mol. The summed E-state index contributed by atoms with van der Waals surface area (Å²) in [6, 6.07) is 8.21. The van der Waals surface area contributed by atoms with Crippen LogP contribution >= 0.6 is 11.6 Å². The number of anilines is 1. The molecule has 156 valence electrons. The lowest BCUT2D eigenvalue weighted by Crippen LogP contribution is -2.30. The van der Waals surface area contributed by atoms with Gasteiger partial charge in [0.15, 0.2) is 6.10 Å². The number of carbonyl (C=O) groups excluding carboxylic acids is 2. The number of hydrogen-bond acceptors (Lipinski definition) is 6. The summed E-state index contributed by atoms with van der Waals surface area (Å²) in [4.78, 5) is 24.6. The van der Waals surface area contributed by atoms with Crippen LogP contribution in [0.4, 0.5) is 5.69 Å². The van der Waals surface area contributed by atoms with Gasteiger partial charge < -0.3 is 15.2 Å². The summed E-state index contributed by atoms with van der Waals surface area (Å²) < 4.78 is 30.7. The first-order valence-corrected chi connectivity index (χ1v) is 10.3. The first-order valence-electron chi connectivity index (χ1n) is 8.47. The molecule has 29 heavy (non-hydrogen) atoms. The summed E-state index contributed by atoms with van der Waals surface area (Å²) in [5.41, 5.74) is 0.768. The van der Waals surface area contributed by atoms with Crippen molar-refractivity contribution >= 4 is 39.2 Å². The lowest BCUT2D eigenvalue weighted by molar-refractivity contribution is -0.123. The summed E-state index contributed by atoms with van der Waals surface area (Å²) >= 11 is 5.73. The third-order valence-electron chi connectivity index (χ3n) is 4.08. The van der Waals surface area contributed by atoms with Crippen molar-refractivity contribution in [3.05, 3.63) is 52.5 Å². The lowest BCUT2D eigenvalue weighted by atomic mass is 10.2. The molecule has 2 aromatic rings. The maximum atomic E-state index is 12.4. The van der Waals surface area contributed by atoms with Gasteiger partial charge in [0, 0.05) is 24.8 Å². The third-order valence-corrected chi connectivity index (χ3v) is 6.12. The van der Waals surface area contributed by atoms with Crippen LogP contribution in [0.15, 0.2) is 41.3 Å². The number of amides is 1. The summed E-state index contributed by atoms with van der Waals surface area (Å²) in [5, 5.41) is 12.6. The number of benzene rings is 2. The molecule has 1 amide bonds. The fourth-order valence-corrected chi connectivity index (χ4v) is 3.39. The van der Waals surface area contributed by atoms with Gasteiger partial charge in [-0.05, 0) is 49.7 Å². The first-order chi connectivity index (χ1) is 13.4. The van der Waals surface area contributed by atoms with Gasteiger partial charge in [0.2, 0.25) is 10.0 Å². The Balaban J connectivity index is 2.16. The highest BCUT2D eigenvalue weighted by atomic mass is 35.5. The minimum atomic E-state index is -3.68. The smallest absolute Gasteiger partial charge is 0.342 e. The van der Waals surface area contributed by atoms with E-state index in [1.165, 1.54) is 51.4 Å². The number of sulfonamides is 1. The van der Waals surface area contributed by atoms with E-state index in [4.69, 9.17) is 16.3 Å². The Morgan fingerprint density at radius 2 is 1.83 bits per heavy atom. The average Bonchev–Trinajstić information content (AvgIpc) is 2.62. The molecule has 8 nitrogen and oxygen atoms in total. The van der Waals surface area contributed by atoms with E-state index in [0.717, 1.165) is 4.31 Å². The molecule has 0 fully saturated rings. The molecule has 0 saturated heterocycles. The molecule has 0 saturated carbocycles. The fraction of sp³-hybridized carbons (Fsp3) is 0.263. The number of hydrogen-bond donors (Lipinski definition) is 2. The molecule has 0 bridgehead atoms. The molecule has 1 atom stereocenters. The summed E-state index contributed by atoms with van der Waals surface area (Å²) in [6.07, 6.45) is -1.20. The summed E-state index contributed by atoms with van der Waals surface area (Å²) in [7, 11) is -0.870. The van der Waals surface area contributed by atoms with E-state index < -0.39 is 28.0 Å². The van der Waals surface area contributed by atoms with Gasteiger partial charge in [-0.2, -0.15) is 0 Å². The molecule has 0 aromatic heterocycles. The number of esters is 1. The topological polar surface area (TPSA) is 113 Å². The first kappa shape index (κ1) is 22.7. The number of carbonyl (C=O) groups is 2. The van der Waals surface area contributed by atoms with E-state index >= 15 is 0 Å². The Morgan fingerprint density at radius 1 is 1.17 bits per heavy atom. The van der Waals surface area contributed by atoms with Gasteiger partial charge in [0.25, 0.3) is 5.91 Å². The van der Waals surface area contributed by atoms with E-state index in [-0.39, 0.29) is 26.9 Å². The molecule has 0 aliphatic rings. The average molecular weight is 441 g/mol. The van der Waals surface area contributed by atoms with Crippen LogP contribution < -0.4 is 5.32 Å². The summed E-state index contributed by atoms with van der Waals surface area (Å²) in [5.74, 6) is -1.93. The highest BCUT2D eigenvalue weighted by Gasteiger charge is 2.23. The Labute approximate surface area is 174 Å². The minimum Gasteiger partial charge on any atom is -0.507 e. The van der Waals surface area contributed by atoms with Crippen LogP contribution in [-0.4, -0.2) is 49.9 Å². The number of aryl methyl sites for hydroxylation is 1. The predicted octanol–water partition coefficient (Wildman–Crippen LogP) is 2.79. The fourth-order valence-electron chi connectivity index (χ4n) is 2.30. The van der Waals surface area contributed by atoms with Crippen LogP contribution in [0, 0.1) is 6.92 Å². The number of aromatic hydroxyl groups is 1. The van der Waals surface area contributed by atoms with Gasteiger partial charge in [-0.1, -0.05) is 17.7 Å². The minimum absolute atomic E-state index is 0.0131. The monoisotopic (exact) mass is 440 g/mol. The second kappa shape index (κ2) is 8.81. The SMILES string of the molecule is Cc1ccc(S(=O)(=O)N(C)C)cc1NC(=O)C(C)OC(=O)c1ccc(Cl)cc1O. The maximum Gasteiger partial charge on any atom is 0.342 e. The Bertz CT molecular complexity index is 1050. The number of phenolic OH excluding ortho intramolecular Hbond substituents is 1. The largest absolute Gasteiger partial charge is 0.507 e. The number of nitrogens with one attached hydrogen (secondary N) is 1. The molecule has 0 aliphatic carbocycles.